The molecule has 3 rings (SSSR count). The van der Waals surface area contributed by atoms with Crippen LogP contribution in [0.25, 0.3) is 11.3 Å². The lowest BCUT2D eigenvalue weighted by Crippen LogP contribution is -2.24. The summed E-state index contributed by atoms with van der Waals surface area (Å²) in [6.07, 6.45) is 1.37. The number of ether oxygens (including phenoxy) is 2. The normalized spacial score (nSPS) is 10.7. The quantitative estimate of drug-likeness (QED) is 0.329. The van der Waals surface area contributed by atoms with Gasteiger partial charge >= 0.3 is 5.97 Å². The summed E-state index contributed by atoms with van der Waals surface area (Å²) in [7, 11) is 0. The minimum atomic E-state index is -0.502. The third kappa shape index (κ3) is 5.71. The van der Waals surface area contributed by atoms with E-state index in [-0.39, 0.29) is 18.8 Å². The molecule has 0 aliphatic rings. The average Bonchev–Trinajstić information content (AvgIpc) is 3.22. The minimum Gasteiger partial charge on any atom is -0.484 e. The molecule has 3 aromatic rings. The fourth-order valence-electron chi connectivity index (χ4n) is 2.49. The van der Waals surface area contributed by atoms with E-state index < -0.39 is 11.9 Å². The number of carbonyl (C=O) groups is 2. The molecular weight excluding hydrogens is 408 g/mol. The van der Waals surface area contributed by atoms with Crippen molar-refractivity contribution < 1.29 is 23.5 Å². The summed E-state index contributed by atoms with van der Waals surface area (Å²) in [5.74, 6) is 0.619. The van der Waals surface area contributed by atoms with Crippen molar-refractivity contribution in [2.24, 2.45) is 5.10 Å². The van der Waals surface area contributed by atoms with Gasteiger partial charge in [0.1, 0.15) is 17.3 Å². The maximum absolute atomic E-state index is 12.0. The molecule has 0 bridgehead atoms. The van der Waals surface area contributed by atoms with Crippen molar-refractivity contribution in [3.05, 3.63) is 77.0 Å². The molecular formula is C22H19ClN2O5. The monoisotopic (exact) mass is 426 g/mol. The fourth-order valence-corrected chi connectivity index (χ4v) is 2.68. The van der Waals surface area contributed by atoms with Crippen molar-refractivity contribution in [1.82, 2.24) is 5.43 Å². The van der Waals surface area contributed by atoms with Crippen molar-refractivity contribution in [3.63, 3.8) is 0 Å². The number of rotatable bonds is 8. The summed E-state index contributed by atoms with van der Waals surface area (Å²) in [6.45, 7) is 1.81. The van der Waals surface area contributed by atoms with Gasteiger partial charge in [-0.2, -0.15) is 5.10 Å². The number of hydrogen-bond donors (Lipinski definition) is 1. The third-order valence-corrected chi connectivity index (χ3v) is 4.20. The van der Waals surface area contributed by atoms with E-state index in [2.05, 4.69) is 10.5 Å². The van der Waals surface area contributed by atoms with Gasteiger partial charge in [0.2, 0.25) is 0 Å². The van der Waals surface area contributed by atoms with Gasteiger partial charge in [-0.1, -0.05) is 29.8 Å². The maximum atomic E-state index is 12.0. The lowest BCUT2D eigenvalue weighted by Gasteiger charge is -2.05. The van der Waals surface area contributed by atoms with Crippen LogP contribution in [0.3, 0.4) is 0 Å². The number of esters is 1. The van der Waals surface area contributed by atoms with Gasteiger partial charge in [-0.15, -0.1) is 0 Å². The van der Waals surface area contributed by atoms with Crippen LogP contribution < -0.4 is 10.2 Å². The van der Waals surface area contributed by atoms with E-state index in [0.717, 1.165) is 0 Å². The number of nitrogens with one attached hydrogen (secondary N) is 1. The number of amides is 1. The van der Waals surface area contributed by atoms with E-state index in [1.165, 1.54) is 6.21 Å². The maximum Gasteiger partial charge on any atom is 0.339 e. The standard InChI is InChI=1S/C22H19ClN2O5/c1-2-28-22(27)18-12-15(8-10-19(18)23)20-11-9-17(30-20)13-24-25-21(26)14-29-16-6-4-3-5-7-16/h3-13H,2,14H2,1H3,(H,25,26)/b24-13-. The molecule has 7 nitrogen and oxygen atoms in total. The van der Waals surface area contributed by atoms with Crippen LogP contribution in [0, 0.1) is 0 Å². The van der Waals surface area contributed by atoms with E-state index in [4.69, 9.17) is 25.5 Å². The van der Waals surface area contributed by atoms with Gasteiger partial charge in [0.05, 0.1) is 23.4 Å². The highest BCUT2D eigenvalue weighted by molar-refractivity contribution is 6.33. The minimum absolute atomic E-state index is 0.161. The van der Waals surface area contributed by atoms with Gasteiger partial charge in [0.15, 0.2) is 6.61 Å². The Balaban J connectivity index is 1.59. The molecule has 0 aliphatic heterocycles. The predicted molar refractivity (Wildman–Crippen MR) is 113 cm³/mol. The molecule has 0 unspecified atom stereocenters. The highest BCUT2D eigenvalue weighted by Crippen LogP contribution is 2.27. The summed E-state index contributed by atoms with van der Waals surface area (Å²) >= 11 is 6.08. The smallest absolute Gasteiger partial charge is 0.339 e. The SMILES string of the molecule is CCOC(=O)c1cc(-c2ccc(/C=N\NC(=O)COc3ccccc3)o2)ccc1Cl. The first kappa shape index (κ1) is 21.1. The molecule has 0 aliphatic carbocycles. The molecule has 1 aromatic heterocycles. The number of benzene rings is 2. The summed E-state index contributed by atoms with van der Waals surface area (Å²) in [5, 5.41) is 4.15. The Morgan fingerprint density at radius 3 is 2.70 bits per heavy atom. The second-order valence-electron chi connectivity index (χ2n) is 6.01. The average molecular weight is 427 g/mol. The Morgan fingerprint density at radius 1 is 1.13 bits per heavy atom. The molecule has 0 saturated carbocycles. The van der Waals surface area contributed by atoms with Gasteiger partial charge in [-0.3, -0.25) is 4.79 Å². The van der Waals surface area contributed by atoms with E-state index in [9.17, 15) is 9.59 Å². The van der Waals surface area contributed by atoms with Crippen molar-refractivity contribution in [3.8, 4) is 17.1 Å². The molecule has 0 fully saturated rings. The van der Waals surface area contributed by atoms with Gasteiger partial charge in [0, 0.05) is 5.56 Å². The Labute approximate surface area is 178 Å². The van der Waals surface area contributed by atoms with E-state index in [1.807, 2.05) is 18.2 Å². The first-order valence-electron chi connectivity index (χ1n) is 9.13. The molecule has 1 N–H and O–H groups in total. The number of hydrazone groups is 1. The second kappa shape index (κ2) is 10.3. The summed E-state index contributed by atoms with van der Waals surface area (Å²) in [6, 6.07) is 17.3. The summed E-state index contributed by atoms with van der Waals surface area (Å²) in [4.78, 5) is 23.8. The number of furan rings is 1. The zero-order valence-electron chi connectivity index (χ0n) is 16.1. The van der Waals surface area contributed by atoms with Gasteiger partial charge < -0.3 is 13.9 Å². The lowest BCUT2D eigenvalue weighted by molar-refractivity contribution is -0.123. The van der Waals surface area contributed by atoms with Gasteiger partial charge in [-0.05, 0) is 49.4 Å². The van der Waals surface area contributed by atoms with Crippen molar-refractivity contribution in [2.75, 3.05) is 13.2 Å². The number of carbonyl (C=O) groups excluding carboxylic acids is 2. The molecule has 0 atom stereocenters. The Morgan fingerprint density at radius 2 is 1.93 bits per heavy atom. The molecule has 0 saturated heterocycles. The first-order chi connectivity index (χ1) is 14.6. The molecule has 8 heteroatoms. The van der Waals surface area contributed by atoms with E-state index in [0.29, 0.717) is 27.9 Å². The van der Waals surface area contributed by atoms with Crippen LogP contribution in [0.5, 0.6) is 5.75 Å². The second-order valence-corrected chi connectivity index (χ2v) is 6.42. The van der Waals surface area contributed by atoms with Crippen LogP contribution in [0.2, 0.25) is 5.02 Å². The highest BCUT2D eigenvalue weighted by Gasteiger charge is 2.14. The van der Waals surface area contributed by atoms with E-state index >= 15 is 0 Å². The predicted octanol–water partition coefficient (Wildman–Crippen LogP) is 4.31. The molecule has 1 amide bonds. The zero-order valence-corrected chi connectivity index (χ0v) is 16.9. The van der Waals surface area contributed by atoms with Crippen LogP contribution in [0.4, 0.5) is 0 Å². The first-order valence-corrected chi connectivity index (χ1v) is 9.51. The van der Waals surface area contributed by atoms with Crippen molar-refractivity contribution in [1.29, 1.82) is 0 Å². The summed E-state index contributed by atoms with van der Waals surface area (Å²) < 4.78 is 16.0. The van der Waals surface area contributed by atoms with Crippen LogP contribution >= 0.6 is 11.6 Å². The molecule has 0 spiro atoms. The van der Waals surface area contributed by atoms with Crippen LogP contribution in [-0.2, 0) is 9.53 Å². The van der Waals surface area contributed by atoms with E-state index in [1.54, 1.807) is 49.4 Å². The largest absolute Gasteiger partial charge is 0.484 e. The molecule has 2 aromatic carbocycles. The van der Waals surface area contributed by atoms with Crippen LogP contribution in [-0.4, -0.2) is 31.3 Å². The molecule has 154 valence electrons. The topological polar surface area (TPSA) is 90.1 Å². The van der Waals surface area contributed by atoms with Gasteiger partial charge in [-0.25, -0.2) is 10.2 Å². The van der Waals surface area contributed by atoms with Crippen molar-refractivity contribution >= 4 is 29.7 Å². The molecule has 1 heterocycles. The third-order valence-electron chi connectivity index (χ3n) is 3.87. The van der Waals surface area contributed by atoms with Crippen LogP contribution in [0.1, 0.15) is 23.0 Å². The highest BCUT2D eigenvalue weighted by atomic mass is 35.5. The number of para-hydroxylation sites is 1. The summed E-state index contributed by atoms with van der Waals surface area (Å²) in [5.41, 5.74) is 3.28. The Bertz CT molecular complexity index is 1050. The Hall–Kier alpha value is -3.58. The zero-order chi connectivity index (χ0) is 21.3. The number of halogens is 1. The van der Waals surface area contributed by atoms with Gasteiger partial charge in [0.25, 0.3) is 5.91 Å². The lowest BCUT2D eigenvalue weighted by atomic mass is 10.1. The number of nitrogens with zero attached hydrogens (tertiary/aromatic N) is 1. The van der Waals surface area contributed by atoms with Crippen molar-refractivity contribution in [2.45, 2.75) is 6.92 Å². The number of hydrogen-bond acceptors (Lipinski definition) is 6. The molecule has 0 radical (unpaired) electrons. The fraction of sp³-hybridized carbons (Fsp3) is 0.136. The molecule has 30 heavy (non-hydrogen) atoms. The Kier molecular flexibility index (Phi) is 7.24. The van der Waals surface area contributed by atoms with Crippen LogP contribution in [0.15, 0.2) is 70.2 Å².